The number of piperazine rings is 1. The fourth-order valence-electron chi connectivity index (χ4n) is 4.04. The largest absolute Gasteiger partial charge is 0.378 e. The Morgan fingerprint density at radius 1 is 1.23 bits per heavy atom. The molecule has 3 nitrogen and oxygen atoms in total. The molecule has 0 N–H and O–H groups in total. The van der Waals surface area contributed by atoms with Gasteiger partial charge in [-0.15, -0.1) is 0 Å². The van der Waals surface area contributed by atoms with Crippen LogP contribution in [0.1, 0.15) is 24.0 Å². The SMILES string of the molecule is Cc1c(F)cccc1CN1CCN2[C@@H](COC[C@@H]2C2CC2)C1. The highest BCUT2D eigenvalue weighted by Gasteiger charge is 2.42. The summed E-state index contributed by atoms with van der Waals surface area (Å²) in [5.74, 6) is 0.783. The van der Waals surface area contributed by atoms with E-state index < -0.39 is 0 Å². The van der Waals surface area contributed by atoms with Gasteiger partial charge in [-0.3, -0.25) is 9.80 Å². The summed E-state index contributed by atoms with van der Waals surface area (Å²) in [6.07, 6.45) is 2.76. The Morgan fingerprint density at radius 3 is 2.91 bits per heavy atom. The Bertz CT molecular complexity index is 546. The number of rotatable bonds is 3. The number of benzene rings is 1. The van der Waals surface area contributed by atoms with Crippen LogP contribution in [0.5, 0.6) is 0 Å². The fraction of sp³-hybridized carbons (Fsp3) is 0.667. The number of hydrogen-bond donors (Lipinski definition) is 0. The molecular weight excluding hydrogens is 279 g/mol. The normalized spacial score (nSPS) is 30.3. The van der Waals surface area contributed by atoms with Gasteiger partial charge in [0.2, 0.25) is 0 Å². The lowest BCUT2D eigenvalue weighted by Gasteiger charge is -2.48. The molecule has 0 bridgehead atoms. The monoisotopic (exact) mass is 304 g/mol. The van der Waals surface area contributed by atoms with Crippen molar-refractivity contribution in [3.05, 3.63) is 35.1 Å². The Balaban J connectivity index is 1.42. The quantitative estimate of drug-likeness (QED) is 0.853. The minimum atomic E-state index is -0.0917. The summed E-state index contributed by atoms with van der Waals surface area (Å²) < 4.78 is 19.6. The van der Waals surface area contributed by atoms with Gasteiger partial charge in [-0.2, -0.15) is 0 Å². The Hall–Kier alpha value is -0.970. The van der Waals surface area contributed by atoms with E-state index in [1.807, 2.05) is 13.0 Å². The van der Waals surface area contributed by atoms with Crippen molar-refractivity contribution in [1.29, 1.82) is 0 Å². The van der Waals surface area contributed by atoms with E-state index in [0.29, 0.717) is 12.1 Å². The van der Waals surface area contributed by atoms with Gasteiger partial charge in [0.15, 0.2) is 0 Å². The molecule has 4 rings (SSSR count). The van der Waals surface area contributed by atoms with E-state index in [2.05, 4.69) is 15.9 Å². The van der Waals surface area contributed by atoms with Crippen LogP contribution in [0.2, 0.25) is 0 Å². The van der Waals surface area contributed by atoms with Crippen molar-refractivity contribution in [2.75, 3.05) is 32.8 Å². The first-order chi connectivity index (χ1) is 10.7. The zero-order chi connectivity index (χ0) is 15.1. The molecule has 0 spiro atoms. The van der Waals surface area contributed by atoms with E-state index in [0.717, 1.165) is 56.4 Å². The Morgan fingerprint density at radius 2 is 2.09 bits per heavy atom. The minimum Gasteiger partial charge on any atom is -0.378 e. The smallest absolute Gasteiger partial charge is 0.126 e. The van der Waals surface area contributed by atoms with Crippen molar-refractivity contribution >= 4 is 0 Å². The maximum atomic E-state index is 13.7. The second-order valence-corrected chi connectivity index (χ2v) is 7.09. The van der Waals surface area contributed by atoms with Gasteiger partial charge >= 0.3 is 0 Å². The van der Waals surface area contributed by atoms with Crippen LogP contribution in [0, 0.1) is 18.7 Å². The highest BCUT2D eigenvalue weighted by Crippen LogP contribution is 2.38. The molecule has 0 radical (unpaired) electrons. The third-order valence-electron chi connectivity index (χ3n) is 5.58. The molecule has 3 fully saturated rings. The summed E-state index contributed by atoms with van der Waals surface area (Å²) in [7, 11) is 0. The standard InChI is InChI=1S/C18H25FN2O/c1-13-15(3-2-4-17(13)19)9-20-7-8-21-16(10-20)11-22-12-18(21)14-5-6-14/h2-4,14,16,18H,5-12H2,1H3/t16-,18-/m1/s1. The zero-order valence-corrected chi connectivity index (χ0v) is 13.3. The van der Waals surface area contributed by atoms with Crippen LogP contribution < -0.4 is 0 Å². The van der Waals surface area contributed by atoms with E-state index in [4.69, 9.17) is 4.74 Å². The zero-order valence-electron chi connectivity index (χ0n) is 13.3. The highest BCUT2D eigenvalue weighted by molar-refractivity contribution is 5.27. The highest BCUT2D eigenvalue weighted by atomic mass is 19.1. The van der Waals surface area contributed by atoms with Gasteiger partial charge in [-0.05, 0) is 42.9 Å². The van der Waals surface area contributed by atoms with Crippen molar-refractivity contribution in [3.63, 3.8) is 0 Å². The van der Waals surface area contributed by atoms with Crippen molar-refractivity contribution < 1.29 is 9.13 Å². The fourth-order valence-corrected chi connectivity index (χ4v) is 4.04. The van der Waals surface area contributed by atoms with Gasteiger partial charge in [-0.25, -0.2) is 4.39 Å². The molecule has 1 aromatic carbocycles. The van der Waals surface area contributed by atoms with Gasteiger partial charge in [-0.1, -0.05) is 12.1 Å². The average Bonchev–Trinajstić information content (AvgIpc) is 3.36. The van der Waals surface area contributed by atoms with E-state index in [1.54, 1.807) is 6.07 Å². The molecule has 2 atom stereocenters. The number of ether oxygens (including phenoxy) is 1. The van der Waals surface area contributed by atoms with E-state index in [1.165, 1.54) is 12.8 Å². The second-order valence-electron chi connectivity index (χ2n) is 7.09. The summed E-state index contributed by atoms with van der Waals surface area (Å²) >= 11 is 0. The van der Waals surface area contributed by atoms with Crippen LogP contribution in [0.3, 0.4) is 0 Å². The first-order valence-corrected chi connectivity index (χ1v) is 8.52. The van der Waals surface area contributed by atoms with Gasteiger partial charge < -0.3 is 4.74 Å². The van der Waals surface area contributed by atoms with E-state index >= 15 is 0 Å². The van der Waals surface area contributed by atoms with Crippen LogP contribution in [-0.2, 0) is 11.3 Å². The summed E-state index contributed by atoms with van der Waals surface area (Å²) in [6, 6.07) is 6.58. The summed E-state index contributed by atoms with van der Waals surface area (Å²) in [6.45, 7) is 7.75. The number of nitrogens with zero attached hydrogens (tertiary/aromatic N) is 2. The van der Waals surface area contributed by atoms with Crippen LogP contribution >= 0.6 is 0 Å². The summed E-state index contributed by atoms with van der Waals surface area (Å²) in [5.41, 5.74) is 1.91. The number of fused-ring (bicyclic) bond motifs is 1. The molecule has 22 heavy (non-hydrogen) atoms. The van der Waals surface area contributed by atoms with Crippen molar-refractivity contribution in [2.24, 2.45) is 5.92 Å². The molecule has 4 heteroatoms. The van der Waals surface area contributed by atoms with Crippen molar-refractivity contribution in [3.8, 4) is 0 Å². The minimum absolute atomic E-state index is 0.0917. The predicted molar refractivity (Wildman–Crippen MR) is 84.2 cm³/mol. The lowest BCUT2D eigenvalue weighted by atomic mass is 10.0. The number of morpholine rings is 1. The number of halogens is 1. The molecule has 1 saturated carbocycles. The topological polar surface area (TPSA) is 15.7 Å². The Labute approximate surface area is 132 Å². The first kappa shape index (κ1) is 14.6. The van der Waals surface area contributed by atoms with Crippen molar-refractivity contribution in [1.82, 2.24) is 9.80 Å². The molecular formula is C18H25FN2O. The van der Waals surface area contributed by atoms with Gasteiger partial charge in [0.05, 0.1) is 13.2 Å². The molecule has 2 aliphatic heterocycles. The van der Waals surface area contributed by atoms with E-state index in [-0.39, 0.29) is 5.82 Å². The van der Waals surface area contributed by atoms with E-state index in [9.17, 15) is 4.39 Å². The maximum absolute atomic E-state index is 13.7. The summed E-state index contributed by atoms with van der Waals surface area (Å²) in [4.78, 5) is 5.15. The van der Waals surface area contributed by atoms with Crippen molar-refractivity contribution in [2.45, 2.75) is 38.4 Å². The lowest BCUT2D eigenvalue weighted by Crippen LogP contribution is -2.62. The molecule has 1 aliphatic carbocycles. The molecule has 2 saturated heterocycles. The number of hydrogen-bond acceptors (Lipinski definition) is 3. The molecule has 1 aromatic rings. The van der Waals surface area contributed by atoms with Gasteiger partial charge in [0.25, 0.3) is 0 Å². The van der Waals surface area contributed by atoms with Crippen LogP contribution in [0.15, 0.2) is 18.2 Å². The maximum Gasteiger partial charge on any atom is 0.126 e. The second kappa shape index (κ2) is 5.91. The van der Waals surface area contributed by atoms with Gasteiger partial charge in [0, 0.05) is 38.3 Å². The molecule has 3 aliphatic rings. The van der Waals surface area contributed by atoms with Crippen LogP contribution in [0.4, 0.5) is 4.39 Å². The predicted octanol–water partition coefficient (Wildman–Crippen LogP) is 2.43. The van der Waals surface area contributed by atoms with Gasteiger partial charge in [0.1, 0.15) is 5.82 Å². The molecule has 0 amide bonds. The first-order valence-electron chi connectivity index (χ1n) is 8.52. The third kappa shape index (κ3) is 2.80. The molecule has 120 valence electrons. The molecule has 0 aromatic heterocycles. The summed E-state index contributed by atoms with van der Waals surface area (Å²) in [5, 5.41) is 0. The van der Waals surface area contributed by atoms with Crippen LogP contribution in [-0.4, -0.2) is 54.7 Å². The Kier molecular flexibility index (Phi) is 3.93. The molecule has 0 unspecified atom stereocenters. The average molecular weight is 304 g/mol. The molecule has 2 heterocycles. The lowest BCUT2D eigenvalue weighted by molar-refractivity contribution is -0.0880. The third-order valence-corrected chi connectivity index (χ3v) is 5.58. The van der Waals surface area contributed by atoms with Crippen LogP contribution in [0.25, 0.3) is 0 Å².